The molecule has 17 heavy (non-hydrogen) atoms. The Balaban J connectivity index is 2.26. The Labute approximate surface area is 106 Å². The number of aliphatic hydroxyl groups is 1. The van der Waals surface area contributed by atoms with E-state index in [4.69, 9.17) is 11.6 Å². The summed E-state index contributed by atoms with van der Waals surface area (Å²) in [5, 5.41) is 10.3. The second-order valence-electron chi connectivity index (χ2n) is 4.42. The Kier molecular flexibility index (Phi) is 4.19. The fourth-order valence-electron chi connectivity index (χ4n) is 2.22. The van der Waals surface area contributed by atoms with Gasteiger partial charge < -0.3 is 5.11 Å². The van der Waals surface area contributed by atoms with E-state index in [1.165, 1.54) is 12.5 Å². The molecule has 0 spiro atoms. The van der Waals surface area contributed by atoms with Crippen LogP contribution in [0.3, 0.4) is 0 Å². The molecule has 1 nitrogen and oxygen atoms in total. The van der Waals surface area contributed by atoms with Gasteiger partial charge >= 0.3 is 0 Å². The second-order valence-corrected chi connectivity index (χ2v) is 4.80. The summed E-state index contributed by atoms with van der Waals surface area (Å²) in [4.78, 5) is 0. The largest absolute Gasteiger partial charge is 0.384 e. The fourth-order valence-corrected chi connectivity index (χ4v) is 2.45. The normalized spacial score (nSPS) is 18.4. The van der Waals surface area contributed by atoms with Crippen molar-refractivity contribution in [1.29, 1.82) is 0 Å². The van der Waals surface area contributed by atoms with Gasteiger partial charge in [-0.2, -0.15) is 0 Å². The van der Waals surface area contributed by atoms with E-state index in [1.807, 2.05) is 0 Å². The van der Waals surface area contributed by atoms with E-state index in [-0.39, 0.29) is 5.02 Å². The third kappa shape index (κ3) is 2.88. The van der Waals surface area contributed by atoms with E-state index >= 15 is 0 Å². The van der Waals surface area contributed by atoms with Crippen molar-refractivity contribution in [1.82, 2.24) is 0 Å². The molecule has 1 aliphatic carbocycles. The SMILES string of the molecule is OC(C1=CCCCCC1)c1cccc(F)c1Cl. The third-order valence-electron chi connectivity index (χ3n) is 3.20. The fraction of sp³-hybridized carbons (Fsp3) is 0.429. The molecule has 1 aromatic rings. The molecule has 1 N–H and O–H groups in total. The molecule has 0 bridgehead atoms. The Bertz CT molecular complexity index is 428. The van der Waals surface area contributed by atoms with Gasteiger partial charge in [0.1, 0.15) is 11.9 Å². The van der Waals surface area contributed by atoms with Crippen LogP contribution in [0.25, 0.3) is 0 Å². The first-order valence-electron chi connectivity index (χ1n) is 6.01. The van der Waals surface area contributed by atoms with Crippen LogP contribution in [0.1, 0.15) is 43.8 Å². The van der Waals surface area contributed by atoms with Gasteiger partial charge in [-0.15, -0.1) is 0 Å². The summed E-state index contributed by atoms with van der Waals surface area (Å²) in [6.45, 7) is 0. The smallest absolute Gasteiger partial charge is 0.142 e. The van der Waals surface area contributed by atoms with Crippen molar-refractivity contribution < 1.29 is 9.50 Å². The zero-order valence-electron chi connectivity index (χ0n) is 9.63. The lowest BCUT2D eigenvalue weighted by Crippen LogP contribution is -2.03. The summed E-state index contributed by atoms with van der Waals surface area (Å²) >= 11 is 5.89. The summed E-state index contributed by atoms with van der Waals surface area (Å²) in [5.41, 5.74) is 1.44. The Hall–Kier alpha value is -0.860. The maximum Gasteiger partial charge on any atom is 0.142 e. The highest BCUT2D eigenvalue weighted by molar-refractivity contribution is 6.31. The second kappa shape index (κ2) is 5.65. The molecule has 3 heteroatoms. The molecule has 1 unspecified atom stereocenters. The lowest BCUT2D eigenvalue weighted by atomic mass is 9.98. The zero-order chi connectivity index (χ0) is 12.3. The van der Waals surface area contributed by atoms with Crippen LogP contribution in [0.2, 0.25) is 5.02 Å². The van der Waals surface area contributed by atoms with Crippen molar-refractivity contribution in [2.45, 2.75) is 38.2 Å². The van der Waals surface area contributed by atoms with Gasteiger partial charge in [0.15, 0.2) is 0 Å². The Morgan fingerprint density at radius 2 is 2.06 bits per heavy atom. The summed E-state index contributed by atoms with van der Waals surface area (Å²) in [6.07, 6.45) is 6.58. The number of halogens is 2. The van der Waals surface area contributed by atoms with Gasteiger partial charge in [0.05, 0.1) is 5.02 Å². The zero-order valence-corrected chi connectivity index (χ0v) is 10.4. The van der Waals surface area contributed by atoms with Crippen molar-refractivity contribution in [3.05, 3.63) is 46.3 Å². The number of benzene rings is 1. The first-order valence-corrected chi connectivity index (χ1v) is 6.39. The van der Waals surface area contributed by atoms with Crippen LogP contribution in [-0.2, 0) is 0 Å². The minimum Gasteiger partial charge on any atom is -0.384 e. The van der Waals surface area contributed by atoms with Crippen LogP contribution in [0.15, 0.2) is 29.8 Å². The maximum absolute atomic E-state index is 13.3. The Morgan fingerprint density at radius 3 is 2.88 bits per heavy atom. The molecule has 1 aromatic carbocycles. The molecule has 0 saturated carbocycles. The first kappa shape index (κ1) is 12.6. The highest BCUT2D eigenvalue weighted by Gasteiger charge is 2.18. The van der Waals surface area contributed by atoms with Crippen molar-refractivity contribution in [2.75, 3.05) is 0 Å². The molecular formula is C14H16ClFO. The average Bonchev–Trinajstić information content (AvgIpc) is 2.60. The highest BCUT2D eigenvalue weighted by Crippen LogP contribution is 2.33. The monoisotopic (exact) mass is 254 g/mol. The minimum atomic E-state index is -0.767. The molecule has 0 heterocycles. The molecule has 0 amide bonds. The van der Waals surface area contributed by atoms with Crippen LogP contribution in [0.5, 0.6) is 0 Å². The van der Waals surface area contributed by atoms with E-state index in [2.05, 4.69) is 6.08 Å². The van der Waals surface area contributed by atoms with Gasteiger partial charge in [0.2, 0.25) is 0 Å². The molecule has 2 rings (SSSR count). The molecule has 0 saturated heterocycles. The maximum atomic E-state index is 13.3. The number of hydrogen-bond acceptors (Lipinski definition) is 1. The van der Waals surface area contributed by atoms with Crippen molar-refractivity contribution in [2.24, 2.45) is 0 Å². The van der Waals surface area contributed by atoms with Crippen LogP contribution in [0, 0.1) is 5.82 Å². The van der Waals surface area contributed by atoms with Gasteiger partial charge in [-0.1, -0.05) is 36.2 Å². The van der Waals surface area contributed by atoms with Crippen LogP contribution in [0.4, 0.5) is 4.39 Å². The van der Waals surface area contributed by atoms with Crippen molar-refractivity contribution in [3.63, 3.8) is 0 Å². The summed E-state index contributed by atoms with van der Waals surface area (Å²) in [6, 6.07) is 4.57. The molecule has 0 radical (unpaired) electrons. The van der Waals surface area contributed by atoms with E-state index in [0.29, 0.717) is 5.56 Å². The quantitative estimate of drug-likeness (QED) is 0.776. The van der Waals surface area contributed by atoms with Gasteiger partial charge in [-0.25, -0.2) is 4.39 Å². The van der Waals surface area contributed by atoms with E-state index in [9.17, 15) is 9.50 Å². The molecule has 0 aromatic heterocycles. The first-order chi connectivity index (χ1) is 8.20. The predicted molar refractivity (Wildman–Crippen MR) is 67.5 cm³/mol. The molecular weight excluding hydrogens is 239 g/mol. The summed E-state index contributed by atoms with van der Waals surface area (Å²) < 4.78 is 13.3. The minimum absolute atomic E-state index is 0.0325. The molecule has 0 fully saturated rings. The van der Waals surface area contributed by atoms with Crippen LogP contribution >= 0.6 is 11.6 Å². The van der Waals surface area contributed by atoms with E-state index in [0.717, 1.165) is 31.3 Å². The third-order valence-corrected chi connectivity index (χ3v) is 3.60. The lowest BCUT2D eigenvalue weighted by Gasteiger charge is -2.16. The van der Waals surface area contributed by atoms with Crippen molar-refractivity contribution >= 4 is 11.6 Å². The highest BCUT2D eigenvalue weighted by atomic mass is 35.5. The lowest BCUT2D eigenvalue weighted by molar-refractivity contribution is 0.210. The summed E-state index contributed by atoms with van der Waals surface area (Å²) in [5.74, 6) is -0.475. The predicted octanol–water partition coefficient (Wildman–Crippen LogP) is 4.40. The van der Waals surface area contributed by atoms with Crippen LogP contribution in [-0.4, -0.2) is 5.11 Å². The molecule has 1 aliphatic rings. The molecule has 92 valence electrons. The standard InChI is InChI=1S/C14H16ClFO/c15-13-11(8-5-9-12(13)16)14(17)10-6-3-1-2-4-7-10/h5-6,8-9,14,17H,1-4,7H2. The molecule has 1 atom stereocenters. The van der Waals surface area contributed by atoms with Crippen molar-refractivity contribution in [3.8, 4) is 0 Å². The Morgan fingerprint density at radius 1 is 1.24 bits per heavy atom. The van der Waals surface area contributed by atoms with E-state index in [1.54, 1.807) is 12.1 Å². The van der Waals surface area contributed by atoms with Gasteiger partial charge in [0, 0.05) is 5.56 Å². The van der Waals surface area contributed by atoms with Gasteiger partial charge in [-0.3, -0.25) is 0 Å². The number of rotatable bonds is 2. The van der Waals surface area contributed by atoms with Crippen LogP contribution < -0.4 is 0 Å². The van der Waals surface area contributed by atoms with E-state index < -0.39 is 11.9 Å². The summed E-state index contributed by atoms with van der Waals surface area (Å²) in [7, 11) is 0. The average molecular weight is 255 g/mol. The topological polar surface area (TPSA) is 20.2 Å². The molecule has 0 aliphatic heterocycles. The van der Waals surface area contributed by atoms with Gasteiger partial charge in [0.25, 0.3) is 0 Å². The number of aliphatic hydroxyl groups excluding tert-OH is 1. The number of hydrogen-bond donors (Lipinski definition) is 1. The van der Waals surface area contributed by atoms with Gasteiger partial charge in [-0.05, 0) is 37.3 Å². The number of allylic oxidation sites excluding steroid dienone is 1.